The van der Waals surface area contributed by atoms with Crippen LogP contribution in [0.3, 0.4) is 0 Å². The Morgan fingerprint density at radius 1 is 0.667 bits per heavy atom. The molecule has 21 nitrogen and oxygen atoms in total. The number of phenolic OH excluding ortho intramolecular Hbond substituents is 1. The van der Waals surface area contributed by atoms with Crippen LogP contribution in [0.4, 0.5) is 0 Å². The van der Waals surface area contributed by atoms with Gasteiger partial charge in [-0.05, 0) is 66.7 Å². The second-order valence-electron chi connectivity index (χ2n) is 19.6. The highest BCUT2D eigenvalue weighted by atomic mass is 16.3. The highest BCUT2D eigenvalue weighted by Gasteiger charge is 2.42. The Morgan fingerprint density at radius 3 is 1.81 bits per heavy atom. The molecule has 0 unspecified atom stereocenters. The van der Waals surface area contributed by atoms with Crippen molar-refractivity contribution in [2.45, 2.75) is 148 Å². The molecule has 9 amide bonds. The maximum Gasteiger partial charge on any atom is 0.246 e. The summed E-state index contributed by atoms with van der Waals surface area (Å²) >= 11 is 0. The van der Waals surface area contributed by atoms with Gasteiger partial charge in [0, 0.05) is 44.1 Å². The van der Waals surface area contributed by atoms with Crippen LogP contribution in [0, 0.1) is 17.8 Å². The van der Waals surface area contributed by atoms with Gasteiger partial charge in [0.15, 0.2) is 0 Å². The number of aromatic amines is 1. The first-order valence-electron chi connectivity index (χ1n) is 24.7. The number of fused-ring (bicyclic) bond motifs is 1. The molecule has 11 N–H and O–H groups in total. The molecule has 2 aromatic carbocycles. The molecule has 0 bridgehead atoms. The van der Waals surface area contributed by atoms with E-state index in [1.165, 1.54) is 29.6 Å². The van der Waals surface area contributed by atoms with Gasteiger partial charge in [-0.15, -0.1) is 0 Å². The Kier molecular flexibility index (Phi) is 20.3. The maximum absolute atomic E-state index is 14.8. The van der Waals surface area contributed by atoms with Gasteiger partial charge >= 0.3 is 0 Å². The number of hydrogen-bond donors (Lipinski definition) is 10. The minimum absolute atomic E-state index is 0.0288. The summed E-state index contributed by atoms with van der Waals surface area (Å²) in [5.41, 5.74) is 7.13. The molecule has 3 heterocycles. The lowest BCUT2D eigenvalue weighted by molar-refractivity contribution is -0.143. The van der Waals surface area contributed by atoms with Crippen LogP contribution in [0.25, 0.3) is 0 Å². The lowest BCUT2D eigenvalue weighted by atomic mass is 9.95. The van der Waals surface area contributed by atoms with Crippen molar-refractivity contribution in [1.29, 1.82) is 0 Å². The molecule has 0 aliphatic carbocycles. The van der Waals surface area contributed by atoms with Crippen molar-refractivity contribution in [3.63, 3.8) is 0 Å². The third-order valence-corrected chi connectivity index (χ3v) is 13.0. The van der Waals surface area contributed by atoms with Crippen LogP contribution < -0.4 is 43.0 Å². The molecule has 21 heteroatoms. The van der Waals surface area contributed by atoms with Gasteiger partial charge in [0.25, 0.3) is 0 Å². The predicted molar refractivity (Wildman–Crippen MR) is 265 cm³/mol. The number of amides is 9. The van der Waals surface area contributed by atoms with Crippen LogP contribution in [0.2, 0.25) is 0 Å². The fourth-order valence-electron chi connectivity index (χ4n) is 8.79. The maximum atomic E-state index is 14.8. The molecule has 72 heavy (non-hydrogen) atoms. The van der Waals surface area contributed by atoms with Gasteiger partial charge < -0.3 is 57.9 Å². The van der Waals surface area contributed by atoms with Gasteiger partial charge in [-0.2, -0.15) is 0 Å². The average molecular weight is 998 g/mol. The van der Waals surface area contributed by atoms with E-state index < -0.39 is 113 Å². The van der Waals surface area contributed by atoms with Crippen LogP contribution >= 0.6 is 0 Å². The number of aromatic nitrogens is 2. The van der Waals surface area contributed by atoms with E-state index in [0.717, 1.165) is 0 Å². The zero-order valence-electron chi connectivity index (χ0n) is 41.9. The zero-order chi connectivity index (χ0) is 52.6. The van der Waals surface area contributed by atoms with E-state index in [9.17, 15) is 48.3 Å². The Balaban J connectivity index is 1.62. The number of aromatic hydroxyl groups is 1. The molecule has 2 fully saturated rings. The molecule has 3 aromatic rings. The molecule has 2 aliphatic heterocycles. The third-order valence-electron chi connectivity index (χ3n) is 13.0. The van der Waals surface area contributed by atoms with Crippen LogP contribution in [0.5, 0.6) is 5.75 Å². The number of nitrogens with two attached hydrogens (primary N) is 1. The summed E-state index contributed by atoms with van der Waals surface area (Å²) < 4.78 is 0. The summed E-state index contributed by atoms with van der Waals surface area (Å²) in [5.74, 6) is -7.92. The molecule has 5 rings (SSSR count). The van der Waals surface area contributed by atoms with E-state index in [4.69, 9.17) is 5.73 Å². The number of primary amides is 1. The minimum atomic E-state index is -1.47. The summed E-state index contributed by atoms with van der Waals surface area (Å²) in [4.78, 5) is 136. The molecule has 0 saturated carbocycles. The Hall–Kier alpha value is -7.32. The summed E-state index contributed by atoms with van der Waals surface area (Å²) in [6, 6.07) is 4.65. The highest BCUT2D eigenvalue weighted by Crippen LogP contribution is 2.22. The Morgan fingerprint density at radius 2 is 1.21 bits per heavy atom. The summed E-state index contributed by atoms with van der Waals surface area (Å²) in [5, 5.41) is 29.4. The minimum Gasteiger partial charge on any atom is -0.508 e. The SMILES string of the molecule is CC[C@H](C)[C@@H]1NC(=O)[C@H](C(C)C)NC(=O)[C@@H]2CCCN2C(=O)[C@H](Cc2ccccc2)NC(=O)[C@H](CC(C)C)NC(=O)[C@H](Cc2ccc(O)cc2)NC(=O)[C@H](Cc2cnc[nH]2)NC(=O)[C@H](CCC(N)=O)NC1=O. The Labute approximate surface area is 419 Å². The second kappa shape index (κ2) is 26.2. The lowest BCUT2D eigenvalue weighted by Crippen LogP contribution is -2.62. The molecular formula is C51H71N11O10. The molecule has 0 spiro atoms. The largest absolute Gasteiger partial charge is 0.508 e. The molecule has 1 aromatic heterocycles. The number of hydrogen-bond acceptors (Lipinski definition) is 11. The summed E-state index contributed by atoms with van der Waals surface area (Å²) in [7, 11) is 0. The van der Waals surface area contributed by atoms with Gasteiger partial charge in [0.05, 0.1) is 6.33 Å². The van der Waals surface area contributed by atoms with E-state index in [1.54, 1.807) is 64.1 Å². The van der Waals surface area contributed by atoms with Crippen molar-refractivity contribution < 1.29 is 48.3 Å². The van der Waals surface area contributed by atoms with Crippen LogP contribution in [0.1, 0.15) is 96.9 Å². The van der Waals surface area contributed by atoms with E-state index >= 15 is 0 Å². The summed E-state index contributed by atoms with van der Waals surface area (Å²) in [6.45, 7) is 10.8. The molecule has 9 atom stereocenters. The number of nitrogens with zero attached hydrogens (tertiary/aromatic N) is 2. The van der Waals surface area contributed by atoms with Crippen molar-refractivity contribution in [2.75, 3.05) is 6.54 Å². The predicted octanol–water partition coefficient (Wildman–Crippen LogP) is 0.555. The number of rotatable bonds is 14. The van der Waals surface area contributed by atoms with Crippen LogP contribution in [-0.2, 0) is 62.4 Å². The fraction of sp³-hybridized carbons (Fsp3) is 0.529. The third kappa shape index (κ3) is 15.8. The quantitative estimate of drug-likeness (QED) is 0.106. The first-order valence-corrected chi connectivity index (χ1v) is 24.7. The molecule has 2 aliphatic rings. The van der Waals surface area contributed by atoms with E-state index in [1.807, 2.05) is 19.9 Å². The molecule has 0 radical (unpaired) electrons. The van der Waals surface area contributed by atoms with Gasteiger partial charge in [-0.25, -0.2) is 4.98 Å². The number of carbonyl (C=O) groups is 9. The van der Waals surface area contributed by atoms with Gasteiger partial charge in [-0.3, -0.25) is 43.2 Å². The fourth-order valence-corrected chi connectivity index (χ4v) is 8.79. The van der Waals surface area contributed by atoms with Gasteiger partial charge in [-0.1, -0.05) is 90.4 Å². The lowest BCUT2D eigenvalue weighted by Gasteiger charge is -2.33. The zero-order valence-corrected chi connectivity index (χ0v) is 41.9. The molecular weight excluding hydrogens is 927 g/mol. The summed E-state index contributed by atoms with van der Waals surface area (Å²) in [6.07, 6.45) is 3.02. The van der Waals surface area contributed by atoms with Crippen molar-refractivity contribution in [3.8, 4) is 5.75 Å². The molecule has 390 valence electrons. The first kappa shape index (κ1) is 55.6. The van der Waals surface area contributed by atoms with E-state index in [2.05, 4.69) is 47.2 Å². The second-order valence-corrected chi connectivity index (χ2v) is 19.6. The number of H-pyrrole nitrogens is 1. The first-order chi connectivity index (χ1) is 34.2. The normalized spacial score (nSPS) is 25.0. The van der Waals surface area contributed by atoms with Gasteiger partial charge in [0.1, 0.15) is 54.1 Å². The van der Waals surface area contributed by atoms with E-state index in [0.29, 0.717) is 29.7 Å². The van der Waals surface area contributed by atoms with Crippen molar-refractivity contribution >= 4 is 53.2 Å². The standard InChI is InChI=1S/C51H71N11O10/c1-7-30(6)43-50(71)55-35(19-20-41(52)64)44(65)58-38(25-33-26-53-27-54-33)47(68)57-37(23-32-15-17-34(63)18-16-32)46(67)56-36(22-28(2)3)45(66)59-39(24-31-12-9-8-10-13-31)51(72)62-21-11-14-40(62)48(69)60-42(29(4)5)49(70)61-43/h8-10,12-13,15-18,26-30,35-40,42-43,63H,7,11,14,19-25H2,1-6H3,(H2,52,64)(H,53,54)(H,55,71)(H,56,67)(H,57,68)(H,58,65)(H,59,66)(H,60,69)(H,61,70)/t30-,35-,36-,37-,38-,39-,40-,42-,43-/m0/s1. The number of imidazole rings is 1. The smallest absolute Gasteiger partial charge is 0.246 e. The van der Waals surface area contributed by atoms with Crippen molar-refractivity contribution in [2.24, 2.45) is 23.5 Å². The monoisotopic (exact) mass is 998 g/mol. The number of benzene rings is 2. The number of nitrogens with one attached hydrogen (secondary N) is 8. The van der Waals surface area contributed by atoms with Crippen LogP contribution in [0.15, 0.2) is 67.1 Å². The van der Waals surface area contributed by atoms with E-state index in [-0.39, 0.29) is 63.2 Å². The number of phenols is 1. The van der Waals surface area contributed by atoms with Crippen molar-refractivity contribution in [1.82, 2.24) is 52.1 Å². The Bertz CT molecular complexity index is 2360. The highest BCUT2D eigenvalue weighted by molar-refractivity contribution is 5.99. The van der Waals surface area contributed by atoms with Gasteiger partial charge in [0.2, 0.25) is 53.2 Å². The number of carbonyl (C=O) groups excluding carboxylic acids is 9. The topological polar surface area (TPSA) is 316 Å². The van der Waals surface area contributed by atoms with Crippen molar-refractivity contribution in [3.05, 3.63) is 83.9 Å². The average Bonchev–Trinajstić information content (AvgIpc) is 4.06. The molecule has 2 saturated heterocycles. The van der Waals surface area contributed by atoms with Crippen LogP contribution in [-0.4, -0.2) is 128 Å².